The summed E-state index contributed by atoms with van der Waals surface area (Å²) in [5, 5.41) is 19.9. The molecule has 0 aliphatic carbocycles. The number of phenolic OH excluding ortho intramolecular Hbond substituents is 2. The summed E-state index contributed by atoms with van der Waals surface area (Å²) in [5.74, 6) is 1.98. The van der Waals surface area contributed by atoms with Crippen LogP contribution < -0.4 is 9.47 Å². The largest absolute Gasteiger partial charge is 0.508 e. The second kappa shape index (κ2) is 5.48. The monoisotopic (exact) mass is 324 g/mol. The molecule has 0 saturated carbocycles. The van der Waals surface area contributed by atoms with Crippen LogP contribution in [0.4, 0.5) is 0 Å². The van der Waals surface area contributed by atoms with Crippen LogP contribution in [0.3, 0.4) is 0 Å². The number of aromatic hydroxyl groups is 2. The van der Waals surface area contributed by atoms with Crippen molar-refractivity contribution in [3.05, 3.63) is 58.7 Å². The molecule has 2 aliphatic heterocycles. The van der Waals surface area contributed by atoms with Gasteiger partial charge in [-0.3, -0.25) is 0 Å². The molecule has 0 aromatic heterocycles. The summed E-state index contributed by atoms with van der Waals surface area (Å²) in [5.41, 5.74) is 4.04. The van der Waals surface area contributed by atoms with Crippen LogP contribution in [0.25, 0.3) is 0 Å². The van der Waals surface area contributed by atoms with E-state index in [-0.39, 0.29) is 23.5 Å². The van der Waals surface area contributed by atoms with Crippen molar-refractivity contribution in [3.8, 4) is 23.0 Å². The Bertz CT molecular complexity index is 834. The number of phenols is 2. The third-order valence-electron chi connectivity index (χ3n) is 4.71. The van der Waals surface area contributed by atoms with Gasteiger partial charge in [-0.1, -0.05) is 17.7 Å². The molecule has 2 N–H and O–H groups in total. The van der Waals surface area contributed by atoms with Gasteiger partial charge in [-0.25, -0.2) is 0 Å². The van der Waals surface area contributed by atoms with E-state index in [0.717, 1.165) is 22.4 Å². The van der Waals surface area contributed by atoms with E-state index < -0.39 is 0 Å². The van der Waals surface area contributed by atoms with E-state index in [1.807, 2.05) is 26.0 Å². The Labute approximate surface area is 141 Å². The van der Waals surface area contributed by atoms with Gasteiger partial charge in [0.05, 0.1) is 12.5 Å². The maximum absolute atomic E-state index is 10.3. The summed E-state index contributed by atoms with van der Waals surface area (Å²) in [6.45, 7) is 4.58. The minimum atomic E-state index is -0.142. The molecular formula is C20H20O4. The highest BCUT2D eigenvalue weighted by molar-refractivity contribution is 5.57. The zero-order valence-corrected chi connectivity index (χ0v) is 13.7. The maximum Gasteiger partial charge on any atom is 0.138 e. The Morgan fingerprint density at radius 2 is 1.96 bits per heavy atom. The van der Waals surface area contributed by atoms with E-state index in [1.54, 1.807) is 18.2 Å². The van der Waals surface area contributed by atoms with Gasteiger partial charge in [-0.05, 0) is 38.5 Å². The van der Waals surface area contributed by atoms with Gasteiger partial charge >= 0.3 is 0 Å². The first kappa shape index (κ1) is 14.9. The lowest BCUT2D eigenvalue weighted by Gasteiger charge is -2.27. The van der Waals surface area contributed by atoms with Crippen molar-refractivity contribution in [2.45, 2.75) is 32.3 Å². The molecule has 24 heavy (non-hydrogen) atoms. The lowest BCUT2D eigenvalue weighted by molar-refractivity contribution is 0.138. The highest BCUT2D eigenvalue weighted by Gasteiger charge is 2.42. The van der Waals surface area contributed by atoms with Gasteiger partial charge in [0, 0.05) is 22.8 Å². The van der Waals surface area contributed by atoms with E-state index in [9.17, 15) is 10.2 Å². The molecule has 2 aromatic carbocycles. The Morgan fingerprint density at radius 1 is 1.17 bits per heavy atom. The molecule has 0 radical (unpaired) electrons. The quantitative estimate of drug-likeness (QED) is 0.812. The number of benzene rings is 2. The number of rotatable bonds is 2. The standard InChI is InChI=1S/C20H20O4/c1-11(2)3-5-14-17(22)8-7-13-16-10-23-18-9-12(21)4-6-15(18)20(16)24-19(13)14/h3-4,6-9,16,20-22H,5,10H2,1-2H3/t16-,20+/m0/s1. The minimum Gasteiger partial charge on any atom is -0.508 e. The van der Waals surface area contributed by atoms with Crippen molar-refractivity contribution in [2.24, 2.45) is 0 Å². The Morgan fingerprint density at radius 3 is 2.75 bits per heavy atom. The lowest BCUT2D eigenvalue weighted by Crippen LogP contribution is -2.22. The van der Waals surface area contributed by atoms with E-state index >= 15 is 0 Å². The molecule has 0 bridgehead atoms. The molecule has 2 heterocycles. The number of fused-ring (bicyclic) bond motifs is 5. The first-order valence-electron chi connectivity index (χ1n) is 8.15. The van der Waals surface area contributed by atoms with Crippen molar-refractivity contribution in [3.63, 3.8) is 0 Å². The molecule has 0 spiro atoms. The van der Waals surface area contributed by atoms with Gasteiger partial charge in [0.1, 0.15) is 29.1 Å². The van der Waals surface area contributed by atoms with Crippen molar-refractivity contribution in [1.29, 1.82) is 0 Å². The molecule has 4 heteroatoms. The molecule has 2 aromatic rings. The van der Waals surface area contributed by atoms with Crippen LogP contribution >= 0.6 is 0 Å². The molecule has 4 nitrogen and oxygen atoms in total. The first-order valence-corrected chi connectivity index (χ1v) is 8.15. The zero-order chi connectivity index (χ0) is 16.8. The van der Waals surface area contributed by atoms with E-state index in [2.05, 4.69) is 6.08 Å². The Hall–Kier alpha value is -2.62. The molecule has 124 valence electrons. The predicted molar refractivity (Wildman–Crippen MR) is 91.0 cm³/mol. The Kier molecular flexibility index (Phi) is 3.41. The van der Waals surface area contributed by atoms with Crippen molar-refractivity contribution in [2.75, 3.05) is 6.61 Å². The second-order valence-electron chi connectivity index (χ2n) is 6.65. The number of ether oxygens (including phenoxy) is 2. The molecule has 0 unspecified atom stereocenters. The smallest absolute Gasteiger partial charge is 0.138 e. The Balaban J connectivity index is 1.77. The van der Waals surface area contributed by atoms with E-state index in [4.69, 9.17) is 9.47 Å². The van der Waals surface area contributed by atoms with Gasteiger partial charge < -0.3 is 19.7 Å². The summed E-state index contributed by atoms with van der Waals surface area (Å²) in [7, 11) is 0. The van der Waals surface area contributed by atoms with Crippen LogP contribution in [0, 0.1) is 0 Å². The normalized spacial score (nSPS) is 20.2. The lowest BCUT2D eigenvalue weighted by atomic mass is 9.88. The van der Waals surface area contributed by atoms with Crippen LogP contribution in [0.2, 0.25) is 0 Å². The van der Waals surface area contributed by atoms with Crippen LogP contribution in [0.15, 0.2) is 42.0 Å². The molecule has 4 rings (SSSR count). The minimum absolute atomic E-state index is 0.100. The number of hydrogen-bond donors (Lipinski definition) is 2. The van der Waals surface area contributed by atoms with Gasteiger partial charge in [0.15, 0.2) is 0 Å². The number of hydrogen-bond acceptors (Lipinski definition) is 4. The highest BCUT2D eigenvalue weighted by atomic mass is 16.5. The van der Waals surface area contributed by atoms with Gasteiger partial charge in [-0.15, -0.1) is 0 Å². The highest BCUT2D eigenvalue weighted by Crippen LogP contribution is 2.53. The third kappa shape index (κ3) is 2.30. The molecule has 2 atom stereocenters. The molecular weight excluding hydrogens is 304 g/mol. The summed E-state index contributed by atoms with van der Waals surface area (Å²) in [4.78, 5) is 0. The molecule has 2 aliphatic rings. The van der Waals surface area contributed by atoms with Crippen molar-refractivity contribution in [1.82, 2.24) is 0 Å². The van der Waals surface area contributed by atoms with Crippen molar-refractivity contribution < 1.29 is 19.7 Å². The summed E-state index contributed by atoms with van der Waals surface area (Å²) >= 11 is 0. The van der Waals surface area contributed by atoms with Gasteiger partial charge in [0.2, 0.25) is 0 Å². The first-order chi connectivity index (χ1) is 11.5. The summed E-state index contributed by atoms with van der Waals surface area (Å²) in [6.07, 6.45) is 2.58. The fraction of sp³-hybridized carbons (Fsp3) is 0.300. The maximum atomic E-state index is 10.3. The topological polar surface area (TPSA) is 58.9 Å². The average Bonchev–Trinajstić information content (AvgIpc) is 2.92. The van der Waals surface area contributed by atoms with Crippen LogP contribution in [0.1, 0.15) is 42.6 Å². The van der Waals surface area contributed by atoms with Gasteiger partial charge in [0.25, 0.3) is 0 Å². The van der Waals surface area contributed by atoms with Crippen LogP contribution in [-0.2, 0) is 6.42 Å². The van der Waals surface area contributed by atoms with E-state index in [1.165, 1.54) is 5.57 Å². The zero-order valence-electron chi connectivity index (χ0n) is 13.7. The van der Waals surface area contributed by atoms with Crippen molar-refractivity contribution >= 4 is 0 Å². The fourth-order valence-electron chi connectivity index (χ4n) is 3.46. The molecule has 0 fully saturated rings. The van der Waals surface area contributed by atoms with Gasteiger partial charge in [-0.2, -0.15) is 0 Å². The SMILES string of the molecule is CC(C)=CCc1c(O)ccc2c1O[C@@H]1c3ccc(O)cc3OC[C@@H]21. The van der Waals surface area contributed by atoms with E-state index in [0.29, 0.717) is 18.8 Å². The molecule has 0 amide bonds. The van der Waals surface area contributed by atoms with Crippen LogP contribution in [0.5, 0.6) is 23.0 Å². The molecule has 0 saturated heterocycles. The third-order valence-corrected chi connectivity index (χ3v) is 4.71. The average molecular weight is 324 g/mol. The summed E-state index contributed by atoms with van der Waals surface area (Å²) < 4.78 is 12.1. The second-order valence-corrected chi connectivity index (χ2v) is 6.65. The number of allylic oxidation sites excluding steroid dienone is 2. The van der Waals surface area contributed by atoms with Crippen LogP contribution in [-0.4, -0.2) is 16.8 Å². The predicted octanol–water partition coefficient (Wildman–Crippen LogP) is 4.22. The summed E-state index contributed by atoms with van der Waals surface area (Å²) in [6, 6.07) is 8.79. The fourth-order valence-corrected chi connectivity index (χ4v) is 3.46.